The molecule has 1 aliphatic rings. The predicted molar refractivity (Wildman–Crippen MR) is 122 cm³/mol. The Hall–Kier alpha value is -2.32. The fourth-order valence-electron chi connectivity index (χ4n) is 4.31. The number of benzene rings is 1. The van der Waals surface area contributed by atoms with Gasteiger partial charge in [0, 0.05) is 34.4 Å². The van der Waals surface area contributed by atoms with Crippen molar-refractivity contribution < 1.29 is 14.7 Å². The van der Waals surface area contributed by atoms with Crippen molar-refractivity contribution in [3.63, 3.8) is 0 Å². The maximum Gasteiger partial charge on any atom is 0.326 e. The molecule has 0 saturated heterocycles. The fraction of sp³-hybridized carbons (Fsp3) is 0.318. The predicted octanol–water partition coefficient (Wildman–Crippen LogP) is 3.71. The van der Waals surface area contributed by atoms with Crippen LogP contribution >= 0.6 is 28.6 Å². The highest BCUT2D eigenvalue weighted by atomic mass is 79.9. The molecule has 1 amide bonds. The second-order valence-corrected chi connectivity index (χ2v) is 8.88. The molecule has 1 aliphatic carbocycles. The van der Waals surface area contributed by atoms with E-state index < -0.39 is 12.0 Å². The average Bonchev–Trinajstić information content (AvgIpc) is 3.32. The van der Waals surface area contributed by atoms with E-state index in [2.05, 4.69) is 56.0 Å². The zero-order chi connectivity index (χ0) is 21.3. The van der Waals surface area contributed by atoms with E-state index in [9.17, 15) is 14.7 Å². The Labute approximate surface area is 188 Å². The standard InChI is InChI=1S/C22H22BrN3O3S/c23-14-4-6-15-12(8-14)3-5-17(15)18(11-30)21(27)26-19(22(28)29)9-13-10-25-20-16(13)2-1-7-24-20/h1-2,4,6-8,10,17-19,30H,3,5,9,11H2,(H,24,25)(H,26,27)(H,28,29)/t17-,18-,19-/m0/s1. The Morgan fingerprint density at radius 2 is 2.20 bits per heavy atom. The van der Waals surface area contributed by atoms with Gasteiger partial charge in [-0.05, 0) is 59.7 Å². The summed E-state index contributed by atoms with van der Waals surface area (Å²) in [6.07, 6.45) is 5.37. The van der Waals surface area contributed by atoms with Gasteiger partial charge >= 0.3 is 5.97 Å². The summed E-state index contributed by atoms with van der Waals surface area (Å²) >= 11 is 7.92. The van der Waals surface area contributed by atoms with Crippen LogP contribution in [0.3, 0.4) is 0 Å². The van der Waals surface area contributed by atoms with Gasteiger partial charge in [-0.3, -0.25) is 4.79 Å². The van der Waals surface area contributed by atoms with Gasteiger partial charge in [-0.15, -0.1) is 0 Å². The minimum atomic E-state index is -1.06. The smallest absolute Gasteiger partial charge is 0.326 e. The molecule has 1 aromatic carbocycles. The van der Waals surface area contributed by atoms with Crippen molar-refractivity contribution in [2.45, 2.75) is 31.2 Å². The van der Waals surface area contributed by atoms with Gasteiger partial charge in [0.1, 0.15) is 11.7 Å². The van der Waals surface area contributed by atoms with Crippen LogP contribution in [0, 0.1) is 5.92 Å². The number of thiol groups is 1. The fourth-order valence-corrected chi connectivity index (χ4v) is 5.14. The number of nitrogens with zero attached hydrogens (tertiary/aromatic N) is 1. The van der Waals surface area contributed by atoms with Crippen LogP contribution in [0.25, 0.3) is 11.0 Å². The van der Waals surface area contributed by atoms with Crippen molar-refractivity contribution in [2.75, 3.05) is 5.75 Å². The van der Waals surface area contributed by atoms with Gasteiger partial charge in [-0.25, -0.2) is 9.78 Å². The number of hydrogen-bond acceptors (Lipinski definition) is 4. The summed E-state index contributed by atoms with van der Waals surface area (Å²) < 4.78 is 1.02. The second kappa shape index (κ2) is 8.81. The van der Waals surface area contributed by atoms with Crippen LogP contribution in [0.4, 0.5) is 0 Å². The van der Waals surface area contributed by atoms with Gasteiger partial charge < -0.3 is 15.4 Å². The number of aliphatic carboxylic acids is 1. The number of carboxylic acid groups (broad SMARTS) is 1. The topological polar surface area (TPSA) is 95.1 Å². The molecule has 0 fully saturated rings. The number of halogens is 1. The average molecular weight is 488 g/mol. The summed E-state index contributed by atoms with van der Waals surface area (Å²) in [4.78, 5) is 32.3. The third kappa shape index (κ3) is 4.11. The van der Waals surface area contributed by atoms with E-state index >= 15 is 0 Å². The van der Waals surface area contributed by atoms with Crippen molar-refractivity contribution in [3.8, 4) is 0 Å². The lowest BCUT2D eigenvalue weighted by Crippen LogP contribution is -2.46. The van der Waals surface area contributed by atoms with Crippen molar-refractivity contribution >= 4 is 51.5 Å². The first kappa shape index (κ1) is 20.9. The minimum absolute atomic E-state index is 0.0392. The summed E-state index contributed by atoms with van der Waals surface area (Å²) in [6.45, 7) is 0. The summed E-state index contributed by atoms with van der Waals surface area (Å²) in [5.74, 6) is -1.32. The highest BCUT2D eigenvalue weighted by Gasteiger charge is 2.35. The number of H-pyrrole nitrogens is 1. The van der Waals surface area contributed by atoms with E-state index in [0.29, 0.717) is 11.4 Å². The number of aromatic nitrogens is 2. The first-order chi connectivity index (χ1) is 14.5. The van der Waals surface area contributed by atoms with E-state index in [1.807, 2.05) is 12.1 Å². The summed E-state index contributed by atoms with van der Waals surface area (Å²) in [6, 6.07) is 8.79. The van der Waals surface area contributed by atoms with Gasteiger partial charge in [0.05, 0.1) is 5.92 Å². The van der Waals surface area contributed by atoms with Crippen LogP contribution in [0.5, 0.6) is 0 Å². The number of amides is 1. The Balaban J connectivity index is 1.52. The molecule has 2 aromatic heterocycles. The first-order valence-corrected chi connectivity index (χ1v) is 11.2. The molecular formula is C22H22BrN3O3S. The van der Waals surface area contributed by atoms with Crippen molar-refractivity contribution in [1.29, 1.82) is 0 Å². The molecule has 0 aliphatic heterocycles. The molecule has 0 saturated carbocycles. The number of carbonyl (C=O) groups is 2. The number of aromatic amines is 1. The molecule has 2 heterocycles. The highest BCUT2D eigenvalue weighted by Crippen LogP contribution is 2.40. The van der Waals surface area contributed by atoms with E-state index in [1.165, 1.54) is 5.56 Å². The molecule has 3 aromatic rings. The van der Waals surface area contributed by atoms with Gasteiger partial charge in [0.2, 0.25) is 5.91 Å². The van der Waals surface area contributed by atoms with Crippen molar-refractivity contribution in [3.05, 3.63) is 63.9 Å². The van der Waals surface area contributed by atoms with Crippen molar-refractivity contribution in [1.82, 2.24) is 15.3 Å². The number of rotatable bonds is 7. The van der Waals surface area contributed by atoms with Crippen molar-refractivity contribution in [2.24, 2.45) is 5.92 Å². The lowest BCUT2D eigenvalue weighted by Gasteiger charge is -2.24. The molecule has 3 atom stereocenters. The highest BCUT2D eigenvalue weighted by molar-refractivity contribution is 9.10. The molecule has 4 rings (SSSR count). The molecule has 3 N–H and O–H groups in total. The summed E-state index contributed by atoms with van der Waals surface area (Å²) in [7, 11) is 0. The molecule has 8 heteroatoms. The number of fused-ring (bicyclic) bond motifs is 2. The molecule has 156 valence electrons. The van der Waals surface area contributed by atoms with Gasteiger partial charge in [0.25, 0.3) is 0 Å². The molecule has 30 heavy (non-hydrogen) atoms. The summed E-state index contributed by atoms with van der Waals surface area (Å²) in [5, 5.41) is 13.4. The van der Waals surface area contributed by atoms with Crippen LogP contribution < -0.4 is 5.32 Å². The number of carbonyl (C=O) groups excluding carboxylic acids is 1. The Morgan fingerprint density at radius 1 is 1.37 bits per heavy atom. The van der Waals surface area contributed by atoms with Crippen LogP contribution in [-0.4, -0.2) is 38.7 Å². The molecule has 0 bridgehead atoms. The minimum Gasteiger partial charge on any atom is -0.480 e. The van der Waals surface area contributed by atoms with Gasteiger partial charge in [-0.2, -0.15) is 12.6 Å². The lowest BCUT2D eigenvalue weighted by atomic mass is 9.87. The molecule has 0 radical (unpaired) electrons. The number of carboxylic acids is 1. The Bertz CT molecular complexity index is 1100. The zero-order valence-electron chi connectivity index (χ0n) is 16.1. The SMILES string of the molecule is O=C(O)[C@H](Cc1c[nH]c2ncccc12)NC(=O)[C@@H](CS)[C@H]1CCc2cc(Br)ccc21. The molecule has 0 unspecified atom stereocenters. The van der Waals surface area contributed by atoms with Crippen LogP contribution in [-0.2, 0) is 22.4 Å². The maximum absolute atomic E-state index is 13.1. The van der Waals surface area contributed by atoms with E-state index in [1.54, 1.807) is 18.5 Å². The first-order valence-electron chi connectivity index (χ1n) is 9.81. The number of nitrogens with one attached hydrogen (secondary N) is 2. The number of hydrogen-bond donors (Lipinski definition) is 4. The zero-order valence-corrected chi connectivity index (χ0v) is 18.6. The monoisotopic (exact) mass is 487 g/mol. The largest absolute Gasteiger partial charge is 0.480 e. The van der Waals surface area contributed by atoms with E-state index in [-0.39, 0.29) is 24.2 Å². The van der Waals surface area contributed by atoms with Crippen LogP contribution in [0.2, 0.25) is 0 Å². The van der Waals surface area contributed by atoms with Gasteiger partial charge in [0.15, 0.2) is 0 Å². The second-order valence-electron chi connectivity index (χ2n) is 7.59. The quantitative estimate of drug-likeness (QED) is 0.382. The molecule has 0 spiro atoms. The maximum atomic E-state index is 13.1. The summed E-state index contributed by atoms with van der Waals surface area (Å²) in [5.41, 5.74) is 3.89. The number of pyridine rings is 1. The van der Waals surface area contributed by atoms with Crippen LogP contribution in [0.15, 0.2) is 47.2 Å². The third-order valence-electron chi connectivity index (χ3n) is 5.82. The normalized spacial score (nSPS) is 17.5. The third-order valence-corrected chi connectivity index (χ3v) is 6.71. The lowest BCUT2D eigenvalue weighted by molar-refractivity contribution is -0.142. The molecular weight excluding hydrogens is 466 g/mol. The number of aryl methyl sites for hydroxylation is 1. The Kier molecular flexibility index (Phi) is 6.15. The van der Waals surface area contributed by atoms with Crippen LogP contribution in [0.1, 0.15) is 29.0 Å². The van der Waals surface area contributed by atoms with E-state index in [4.69, 9.17) is 0 Å². The molecule has 6 nitrogen and oxygen atoms in total. The van der Waals surface area contributed by atoms with Gasteiger partial charge in [-0.1, -0.05) is 22.0 Å². The van der Waals surface area contributed by atoms with E-state index in [0.717, 1.165) is 33.8 Å². The Morgan fingerprint density at radius 3 is 2.97 bits per heavy atom.